The third kappa shape index (κ3) is 3.41. The number of amides is 1. The van der Waals surface area contributed by atoms with Crippen LogP contribution >= 0.6 is 0 Å². The van der Waals surface area contributed by atoms with Crippen molar-refractivity contribution in [1.82, 2.24) is 14.9 Å². The van der Waals surface area contributed by atoms with Crippen LogP contribution in [0, 0.1) is 11.3 Å². The predicted octanol–water partition coefficient (Wildman–Crippen LogP) is 4.51. The van der Waals surface area contributed by atoms with Gasteiger partial charge in [0, 0.05) is 25.0 Å². The van der Waals surface area contributed by atoms with Gasteiger partial charge < -0.3 is 14.8 Å². The van der Waals surface area contributed by atoms with E-state index in [1.165, 1.54) is 12.4 Å². The molecule has 3 fully saturated rings. The number of benzene rings is 1. The summed E-state index contributed by atoms with van der Waals surface area (Å²) in [6.07, 6.45) is -4.17. The molecular formula is C21H20F6N4O. The summed E-state index contributed by atoms with van der Waals surface area (Å²) >= 11 is 0. The van der Waals surface area contributed by atoms with Crippen LogP contribution in [0.4, 0.5) is 32.0 Å². The molecule has 2 heterocycles. The lowest BCUT2D eigenvalue weighted by Gasteiger charge is -2.67. The van der Waals surface area contributed by atoms with E-state index in [4.69, 9.17) is 0 Å². The number of carbonyl (C=O) groups is 1. The molecule has 1 aromatic carbocycles. The van der Waals surface area contributed by atoms with Gasteiger partial charge in [-0.15, -0.1) is 0 Å². The largest absolute Gasteiger partial charge is 0.471 e. The van der Waals surface area contributed by atoms with Crippen molar-refractivity contribution < 1.29 is 31.1 Å². The minimum absolute atomic E-state index is 0.0473. The molecule has 0 radical (unpaired) electrons. The maximum atomic E-state index is 13.4. The van der Waals surface area contributed by atoms with Gasteiger partial charge in [-0.1, -0.05) is 0 Å². The number of imidazole rings is 1. The van der Waals surface area contributed by atoms with E-state index in [-0.39, 0.29) is 24.1 Å². The number of aromatic amines is 1. The number of alkyl halides is 6. The molecule has 5 nitrogen and oxygen atoms in total. The SMILES string of the molecule is O=C(N1Cc2cc(C(F)(F)F)ccc2N(Cc2cnc[nH]2)[C@@H](C23CC(C2)C3)C1)C(F)(F)F. The average Bonchev–Trinajstić information content (AvgIpc) is 3.08. The lowest BCUT2D eigenvalue weighted by atomic mass is 9.41. The van der Waals surface area contributed by atoms with Crippen LogP contribution in [0.3, 0.4) is 0 Å². The first-order valence-electron chi connectivity index (χ1n) is 10.3. The molecule has 3 aliphatic carbocycles. The first-order chi connectivity index (χ1) is 15.0. The number of carbonyl (C=O) groups excluding carboxylic acids is 1. The summed E-state index contributed by atoms with van der Waals surface area (Å²) in [7, 11) is 0. The zero-order valence-electron chi connectivity index (χ0n) is 16.8. The minimum Gasteiger partial charge on any atom is -0.360 e. The van der Waals surface area contributed by atoms with Gasteiger partial charge in [-0.25, -0.2) is 4.98 Å². The second-order valence-electron chi connectivity index (χ2n) is 9.09. The highest BCUT2D eigenvalue weighted by Gasteiger charge is 2.63. The molecule has 11 heteroatoms. The van der Waals surface area contributed by atoms with Gasteiger partial charge in [0.2, 0.25) is 0 Å². The number of hydrogen-bond acceptors (Lipinski definition) is 3. The van der Waals surface area contributed by atoms with Gasteiger partial charge in [-0.2, -0.15) is 26.3 Å². The van der Waals surface area contributed by atoms with Crippen molar-refractivity contribution in [3.8, 4) is 0 Å². The number of anilines is 1. The van der Waals surface area contributed by atoms with E-state index >= 15 is 0 Å². The highest BCUT2D eigenvalue weighted by molar-refractivity contribution is 5.82. The Hall–Kier alpha value is -2.72. The number of H-pyrrole nitrogens is 1. The number of aromatic nitrogens is 2. The summed E-state index contributed by atoms with van der Waals surface area (Å²) in [6, 6.07) is 2.67. The van der Waals surface area contributed by atoms with Crippen molar-refractivity contribution in [3.05, 3.63) is 47.5 Å². The zero-order valence-corrected chi connectivity index (χ0v) is 16.8. The van der Waals surface area contributed by atoms with E-state index in [1.54, 1.807) is 6.20 Å². The van der Waals surface area contributed by atoms with Crippen LogP contribution in [0.2, 0.25) is 0 Å². The number of fused-ring (bicyclic) bond motifs is 1. The number of nitrogens with zero attached hydrogens (tertiary/aromatic N) is 3. The highest BCUT2D eigenvalue weighted by Crippen LogP contribution is 2.67. The molecule has 1 atom stereocenters. The summed E-state index contributed by atoms with van der Waals surface area (Å²) in [6.45, 7) is -0.494. The molecule has 32 heavy (non-hydrogen) atoms. The zero-order chi connectivity index (χ0) is 22.9. The lowest BCUT2D eigenvalue weighted by molar-refractivity contribution is -0.189. The van der Waals surface area contributed by atoms with Gasteiger partial charge in [-0.05, 0) is 54.4 Å². The van der Waals surface area contributed by atoms with E-state index < -0.39 is 36.4 Å². The van der Waals surface area contributed by atoms with Crippen LogP contribution in [0.15, 0.2) is 30.7 Å². The minimum atomic E-state index is -5.11. The normalized spacial score (nSPS) is 27.3. The molecule has 0 spiro atoms. The van der Waals surface area contributed by atoms with Crippen LogP contribution in [-0.4, -0.2) is 39.5 Å². The molecule has 1 amide bonds. The Morgan fingerprint density at radius 2 is 1.88 bits per heavy atom. The number of nitrogens with one attached hydrogen (secondary N) is 1. The molecule has 4 aliphatic rings. The van der Waals surface area contributed by atoms with E-state index in [1.807, 2.05) is 4.90 Å². The molecule has 3 saturated carbocycles. The maximum absolute atomic E-state index is 13.4. The van der Waals surface area contributed by atoms with Gasteiger partial charge >= 0.3 is 18.3 Å². The Morgan fingerprint density at radius 1 is 1.16 bits per heavy atom. The van der Waals surface area contributed by atoms with Crippen molar-refractivity contribution in [2.75, 3.05) is 11.4 Å². The van der Waals surface area contributed by atoms with E-state index in [0.29, 0.717) is 22.2 Å². The van der Waals surface area contributed by atoms with Gasteiger partial charge in [0.25, 0.3) is 0 Å². The monoisotopic (exact) mass is 458 g/mol. The predicted molar refractivity (Wildman–Crippen MR) is 101 cm³/mol. The van der Waals surface area contributed by atoms with E-state index in [0.717, 1.165) is 31.4 Å². The Bertz CT molecular complexity index is 1010. The standard InChI is InChI=1S/C21H20F6N4O/c22-20(23,24)14-1-2-16-13(3-14)8-30(18(32)21(25,26)27)10-17(19-4-12(5-19)6-19)31(16)9-15-7-28-11-29-15/h1-3,7,11-12,17H,4-6,8-10H2,(H,28,29)/t12?,17-,19?/m1/s1. The van der Waals surface area contributed by atoms with Crippen molar-refractivity contribution in [2.45, 2.75) is 50.7 Å². The summed E-state index contributed by atoms with van der Waals surface area (Å²) < 4.78 is 80.1. The van der Waals surface area contributed by atoms with Crippen LogP contribution < -0.4 is 4.90 Å². The van der Waals surface area contributed by atoms with E-state index in [2.05, 4.69) is 9.97 Å². The number of rotatable bonds is 3. The van der Waals surface area contributed by atoms with Crippen molar-refractivity contribution >= 4 is 11.6 Å². The fourth-order valence-corrected chi connectivity index (χ4v) is 5.48. The first-order valence-corrected chi connectivity index (χ1v) is 10.3. The molecule has 0 saturated heterocycles. The second-order valence-corrected chi connectivity index (χ2v) is 9.09. The van der Waals surface area contributed by atoms with Crippen molar-refractivity contribution in [1.29, 1.82) is 0 Å². The Labute approximate surface area is 179 Å². The van der Waals surface area contributed by atoms with Crippen LogP contribution in [-0.2, 0) is 24.1 Å². The lowest BCUT2D eigenvalue weighted by Crippen LogP contribution is -2.66. The topological polar surface area (TPSA) is 52.2 Å². The molecule has 1 aromatic heterocycles. The fourth-order valence-electron chi connectivity index (χ4n) is 5.48. The maximum Gasteiger partial charge on any atom is 0.471 e. The molecule has 2 aromatic rings. The van der Waals surface area contributed by atoms with Gasteiger partial charge in [0.1, 0.15) is 0 Å². The van der Waals surface area contributed by atoms with Crippen molar-refractivity contribution in [3.63, 3.8) is 0 Å². The molecule has 6 rings (SSSR count). The highest BCUT2D eigenvalue weighted by atomic mass is 19.4. The Balaban J connectivity index is 1.62. The molecule has 2 bridgehead atoms. The average molecular weight is 458 g/mol. The molecule has 172 valence electrons. The Morgan fingerprint density at radius 3 is 2.41 bits per heavy atom. The van der Waals surface area contributed by atoms with Gasteiger partial charge in [0.05, 0.1) is 30.2 Å². The summed E-state index contributed by atoms with van der Waals surface area (Å²) in [5.74, 6) is -1.49. The number of halogens is 6. The molecule has 0 unspecified atom stereocenters. The molecular weight excluding hydrogens is 438 g/mol. The summed E-state index contributed by atoms with van der Waals surface area (Å²) in [5.41, 5.74) is -0.0472. The van der Waals surface area contributed by atoms with Crippen LogP contribution in [0.1, 0.15) is 36.1 Å². The third-order valence-corrected chi connectivity index (χ3v) is 7.06. The second kappa shape index (κ2) is 6.89. The van der Waals surface area contributed by atoms with Crippen molar-refractivity contribution in [2.24, 2.45) is 11.3 Å². The molecule has 1 N–H and O–H groups in total. The number of hydrogen-bond donors (Lipinski definition) is 1. The van der Waals surface area contributed by atoms with E-state index in [9.17, 15) is 31.1 Å². The fraction of sp³-hybridized carbons (Fsp3) is 0.524. The molecule has 1 aliphatic heterocycles. The van der Waals surface area contributed by atoms with Crippen LogP contribution in [0.5, 0.6) is 0 Å². The quantitative estimate of drug-likeness (QED) is 0.689. The van der Waals surface area contributed by atoms with Crippen LogP contribution in [0.25, 0.3) is 0 Å². The summed E-state index contributed by atoms with van der Waals surface area (Å²) in [4.78, 5) is 21.7. The van der Waals surface area contributed by atoms with Gasteiger partial charge in [0.15, 0.2) is 0 Å². The Kier molecular flexibility index (Phi) is 4.55. The summed E-state index contributed by atoms with van der Waals surface area (Å²) in [5, 5.41) is 0. The smallest absolute Gasteiger partial charge is 0.360 e. The third-order valence-electron chi connectivity index (χ3n) is 7.06. The first kappa shape index (κ1) is 21.1. The van der Waals surface area contributed by atoms with Gasteiger partial charge in [-0.3, -0.25) is 4.79 Å².